The molecule has 2 nitrogen and oxygen atoms in total. The highest BCUT2D eigenvalue weighted by Gasteiger charge is 2.12. The molecule has 0 amide bonds. The quantitative estimate of drug-likeness (QED) is 0.872. The van der Waals surface area contributed by atoms with E-state index in [1.54, 1.807) is 17.5 Å². The molecule has 2 aromatic heterocycles. The van der Waals surface area contributed by atoms with E-state index in [-0.39, 0.29) is 6.04 Å². The molecule has 0 saturated carbocycles. The summed E-state index contributed by atoms with van der Waals surface area (Å²) in [5.41, 5.74) is 8.44. The first kappa shape index (κ1) is 13.2. The molecule has 2 heterocycles. The second-order valence-electron chi connectivity index (χ2n) is 3.88. The molecule has 2 aromatic rings. The fraction of sp³-hybridized carbons (Fsp3) is 0.250. The molecule has 0 saturated heterocycles. The molecule has 1 unspecified atom stereocenters. The minimum absolute atomic E-state index is 0.0127. The predicted molar refractivity (Wildman–Crippen MR) is 79.3 cm³/mol. The zero-order valence-corrected chi connectivity index (χ0v) is 13.3. The molecule has 0 spiro atoms. The maximum Gasteiger partial charge on any atom is 0.0731 e. The van der Waals surface area contributed by atoms with Crippen molar-refractivity contribution in [2.75, 3.05) is 0 Å². The summed E-state index contributed by atoms with van der Waals surface area (Å²) >= 11 is 8.59. The molecule has 0 aliphatic heterocycles. The van der Waals surface area contributed by atoms with Crippen molar-refractivity contribution in [1.29, 1.82) is 0 Å². The molecule has 0 radical (unpaired) electrons. The molecule has 0 aliphatic carbocycles. The number of nitrogens with two attached hydrogens (primary N) is 1. The minimum Gasteiger partial charge on any atom is -0.323 e. The van der Waals surface area contributed by atoms with Crippen LogP contribution in [0.2, 0.25) is 0 Å². The highest BCUT2D eigenvalue weighted by atomic mass is 79.9. The van der Waals surface area contributed by atoms with Gasteiger partial charge in [-0.2, -0.15) is 0 Å². The maximum absolute atomic E-state index is 6.19. The lowest BCUT2D eigenvalue weighted by atomic mass is 10.1. The van der Waals surface area contributed by atoms with Gasteiger partial charge in [0, 0.05) is 33.7 Å². The molecule has 2 N–H and O–H groups in total. The van der Waals surface area contributed by atoms with Crippen molar-refractivity contribution in [2.24, 2.45) is 5.73 Å². The van der Waals surface area contributed by atoms with Gasteiger partial charge in [0.25, 0.3) is 0 Å². The summed E-state index contributed by atoms with van der Waals surface area (Å²) in [6.07, 6.45) is 2.57. The van der Waals surface area contributed by atoms with Gasteiger partial charge in [0.05, 0.1) is 3.79 Å². The van der Waals surface area contributed by atoms with Gasteiger partial charge in [-0.05, 0) is 62.5 Å². The number of halogens is 2. The Kier molecular flexibility index (Phi) is 4.36. The van der Waals surface area contributed by atoms with E-state index in [0.717, 1.165) is 20.4 Å². The molecule has 0 aromatic carbocycles. The highest BCUT2D eigenvalue weighted by Crippen LogP contribution is 2.31. The van der Waals surface area contributed by atoms with E-state index in [4.69, 9.17) is 5.73 Å². The second-order valence-corrected chi connectivity index (χ2v) is 7.20. The van der Waals surface area contributed by atoms with Crippen LogP contribution in [0.4, 0.5) is 0 Å². The van der Waals surface area contributed by atoms with E-state index in [2.05, 4.69) is 49.8 Å². The van der Waals surface area contributed by atoms with E-state index in [9.17, 15) is 0 Å². The molecule has 17 heavy (non-hydrogen) atoms. The second kappa shape index (κ2) is 5.61. The van der Waals surface area contributed by atoms with Gasteiger partial charge >= 0.3 is 0 Å². The Hall–Kier alpha value is -0.230. The standard InChI is InChI=1S/C12H12Br2N2S/c1-7-4-11(17-12(7)14)10(15)5-9-3-2-8(13)6-16-9/h2-4,6,10H,5,15H2,1H3. The van der Waals surface area contributed by atoms with Crippen LogP contribution in [0, 0.1) is 6.92 Å². The SMILES string of the molecule is Cc1cc(C(N)Cc2ccc(Br)cn2)sc1Br. The van der Waals surface area contributed by atoms with E-state index >= 15 is 0 Å². The van der Waals surface area contributed by atoms with Crippen LogP contribution < -0.4 is 5.73 Å². The van der Waals surface area contributed by atoms with Gasteiger partial charge < -0.3 is 5.73 Å². The number of hydrogen-bond acceptors (Lipinski definition) is 3. The molecule has 0 aliphatic rings. The van der Waals surface area contributed by atoms with Crippen LogP contribution in [0.5, 0.6) is 0 Å². The van der Waals surface area contributed by atoms with Crippen molar-refractivity contribution in [3.05, 3.63) is 48.8 Å². The van der Waals surface area contributed by atoms with Gasteiger partial charge in [-0.3, -0.25) is 4.98 Å². The van der Waals surface area contributed by atoms with Crippen molar-refractivity contribution in [1.82, 2.24) is 4.98 Å². The number of pyridine rings is 1. The Morgan fingerprint density at radius 2 is 2.18 bits per heavy atom. The first-order valence-corrected chi connectivity index (χ1v) is 7.58. The molecule has 0 bridgehead atoms. The van der Waals surface area contributed by atoms with Crippen LogP contribution in [0.1, 0.15) is 22.2 Å². The average molecular weight is 376 g/mol. The number of aryl methyl sites for hydroxylation is 1. The Balaban J connectivity index is 2.11. The van der Waals surface area contributed by atoms with Crippen molar-refractivity contribution < 1.29 is 0 Å². The van der Waals surface area contributed by atoms with Crippen LogP contribution in [-0.4, -0.2) is 4.98 Å². The largest absolute Gasteiger partial charge is 0.323 e. The predicted octanol–water partition coefficient (Wildman–Crippen LogP) is 4.22. The van der Waals surface area contributed by atoms with Crippen molar-refractivity contribution >= 4 is 43.2 Å². The third-order valence-electron chi connectivity index (χ3n) is 2.46. The zero-order chi connectivity index (χ0) is 12.4. The lowest BCUT2D eigenvalue weighted by molar-refractivity contribution is 0.719. The smallest absolute Gasteiger partial charge is 0.0731 e. The lowest BCUT2D eigenvalue weighted by Crippen LogP contribution is -2.12. The zero-order valence-electron chi connectivity index (χ0n) is 9.28. The van der Waals surface area contributed by atoms with E-state index < -0.39 is 0 Å². The van der Waals surface area contributed by atoms with Gasteiger partial charge in [-0.1, -0.05) is 0 Å². The van der Waals surface area contributed by atoms with Gasteiger partial charge in [0.1, 0.15) is 0 Å². The number of rotatable bonds is 3. The van der Waals surface area contributed by atoms with Gasteiger partial charge in [-0.25, -0.2) is 0 Å². The summed E-state index contributed by atoms with van der Waals surface area (Å²) < 4.78 is 2.15. The molecular formula is C12H12Br2N2S. The van der Waals surface area contributed by atoms with E-state index in [1.165, 1.54) is 10.4 Å². The van der Waals surface area contributed by atoms with E-state index in [0.29, 0.717) is 0 Å². The Bertz CT molecular complexity index is 488. The molecular weight excluding hydrogens is 364 g/mol. The average Bonchev–Trinajstić information content (AvgIpc) is 2.63. The number of aromatic nitrogens is 1. The van der Waals surface area contributed by atoms with Crippen LogP contribution in [0.15, 0.2) is 32.7 Å². The van der Waals surface area contributed by atoms with Crippen LogP contribution >= 0.6 is 43.2 Å². The van der Waals surface area contributed by atoms with Gasteiger partial charge in [-0.15, -0.1) is 11.3 Å². The number of nitrogens with zero attached hydrogens (tertiary/aromatic N) is 1. The summed E-state index contributed by atoms with van der Waals surface area (Å²) in [7, 11) is 0. The maximum atomic E-state index is 6.19. The third kappa shape index (κ3) is 3.37. The Morgan fingerprint density at radius 3 is 2.71 bits per heavy atom. The molecule has 1 atom stereocenters. The summed E-state index contributed by atoms with van der Waals surface area (Å²) in [6, 6.07) is 6.14. The summed E-state index contributed by atoms with van der Waals surface area (Å²) in [5, 5.41) is 0. The van der Waals surface area contributed by atoms with Crippen molar-refractivity contribution in [2.45, 2.75) is 19.4 Å². The van der Waals surface area contributed by atoms with E-state index in [1.807, 2.05) is 12.1 Å². The number of thiophene rings is 1. The Morgan fingerprint density at radius 1 is 1.41 bits per heavy atom. The van der Waals surface area contributed by atoms with Gasteiger partial charge in [0.2, 0.25) is 0 Å². The van der Waals surface area contributed by atoms with Gasteiger partial charge in [0.15, 0.2) is 0 Å². The Labute approximate surface area is 122 Å². The molecule has 0 fully saturated rings. The minimum atomic E-state index is 0.0127. The van der Waals surface area contributed by atoms with Crippen molar-refractivity contribution in [3.63, 3.8) is 0 Å². The summed E-state index contributed by atoms with van der Waals surface area (Å²) in [4.78, 5) is 5.53. The van der Waals surface area contributed by atoms with Crippen LogP contribution in [-0.2, 0) is 6.42 Å². The van der Waals surface area contributed by atoms with Crippen LogP contribution in [0.3, 0.4) is 0 Å². The third-order valence-corrected chi connectivity index (χ3v) is 5.20. The topological polar surface area (TPSA) is 38.9 Å². The lowest BCUT2D eigenvalue weighted by Gasteiger charge is -2.08. The summed E-state index contributed by atoms with van der Waals surface area (Å²) in [6.45, 7) is 2.08. The molecule has 2 rings (SSSR count). The summed E-state index contributed by atoms with van der Waals surface area (Å²) in [5.74, 6) is 0. The normalized spacial score (nSPS) is 12.7. The first-order chi connectivity index (χ1) is 8.06. The fourth-order valence-corrected chi connectivity index (χ4v) is 3.33. The van der Waals surface area contributed by atoms with Crippen molar-refractivity contribution in [3.8, 4) is 0 Å². The monoisotopic (exact) mass is 374 g/mol. The van der Waals surface area contributed by atoms with Crippen LogP contribution in [0.25, 0.3) is 0 Å². The first-order valence-electron chi connectivity index (χ1n) is 5.18. The highest BCUT2D eigenvalue weighted by molar-refractivity contribution is 9.11. The molecule has 90 valence electrons. The fourth-order valence-electron chi connectivity index (χ4n) is 1.52. The number of hydrogen-bond donors (Lipinski definition) is 1. The molecule has 5 heteroatoms.